The molecule has 0 aliphatic heterocycles. The monoisotopic (exact) mass is 2130 g/mol. The van der Waals surface area contributed by atoms with E-state index in [9.17, 15) is 148 Å². The third-order valence-corrected chi connectivity index (χ3v) is 18.3. The zero-order valence-corrected chi connectivity index (χ0v) is 75.3. The second kappa shape index (κ2) is 46.1. The Balaban J connectivity index is 0.000000219. The number of pyridine rings is 5. The van der Waals surface area contributed by atoms with Crippen molar-refractivity contribution in [3.63, 3.8) is 0 Å². The average Bonchev–Trinajstić information content (AvgIpc) is 0.784. The number of nitrogens with one attached hydrogen (secondary N) is 4. The van der Waals surface area contributed by atoms with Gasteiger partial charge in [0.1, 0.15) is 96.8 Å². The Hall–Kier alpha value is -17.4. The molecule has 0 saturated heterocycles. The van der Waals surface area contributed by atoms with Crippen molar-refractivity contribution in [1.29, 1.82) is 0 Å². The predicted molar refractivity (Wildman–Crippen MR) is 457 cm³/mol. The van der Waals surface area contributed by atoms with E-state index in [-0.39, 0.29) is 104 Å². The smallest absolute Gasteiger partial charge is 0.493 e. The Morgan fingerprint density at radius 3 is 0.993 bits per heavy atom. The molecule has 56 heteroatoms. The van der Waals surface area contributed by atoms with Crippen LogP contribution in [0.2, 0.25) is 0 Å². The highest BCUT2D eigenvalue weighted by atomic mass is 19.4. The number of nitrogens with zero attached hydrogens (tertiary/aromatic N) is 5. The first-order valence-electron chi connectivity index (χ1n) is 40.1. The summed E-state index contributed by atoms with van der Waals surface area (Å²) in [7, 11) is 3.20. The summed E-state index contributed by atoms with van der Waals surface area (Å²) in [5.74, 6) is -23.1. The highest BCUT2D eigenvalue weighted by molar-refractivity contribution is 6.10. The van der Waals surface area contributed by atoms with Crippen molar-refractivity contribution in [2.75, 3.05) is 42.6 Å². The fourth-order valence-corrected chi connectivity index (χ4v) is 12.1. The first-order valence-corrected chi connectivity index (χ1v) is 40.1. The number of carbonyl (C=O) groups excluding carboxylic acids is 7. The van der Waals surface area contributed by atoms with E-state index in [1.54, 1.807) is 6.92 Å². The molecule has 6 N–H and O–H groups in total. The molecule has 0 aliphatic rings. The van der Waals surface area contributed by atoms with Crippen molar-refractivity contribution in [1.82, 2.24) is 24.9 Å². The molecule has 5 aromatic heterocycles. The summed E-state index contributed by atoms with van der Waals surface area (Å²) in [5, 5.41) is 8.89. The number of alkyl halides is 24. The standard InChI is InChI=1S/C24H17F7N2O5.C23H16F7N3O4.C23H17F6N3O5.C22H12F8N2O4/c1-11-8-13(9-16(32-11)12(2)34)33-22(35)20-18(7-5-15(21(20)25)23(26,27)28)37-17-6-4-14(10-19(17)36-3)38-24(29,30)31;1-11(31)12-7-8-32-18(9-12)33-21(34)19-16(6-4-14(20(19)24)22(25,26)27)36-15-5-3-13(10-17(15)35-2)37-23(28,29)30;1-11-6-13(7-16(31-11)12(2)33)32-21(34)15-10-30-20(22(24,25)26)9-18(15)36-17-5-4-14(8-19(17)35-3)37-23(27,28)29;1-10(33)15-8-11(6-7-31-15)32-20(34)18-17(5-3-13(19(18)24)21(25,26)27)35-16-4-2-12(9-14(16)23)36-22(28,29)30/h4-10H,1-3H3,(H,32,33,35);3-10H,1,31H2,2H3,(H,32,33,34);4-10H,1-3H3,(H,31,32,34);2-9H,1H3,(H,31,32,34). The molecule has 0 saturated carbocycles. The van der Waals surface area contributed by atoms with Crippen molar-refractivity contribution in [3.05, 3.63) is 291 Å². The molecule has 0 aliphatic carbocycles. The molecule has 12 rings (SSSR count). The summed E-state index contributed by atoms with van der Waals surface area (Å²) < 4.78 is 420. The number of anilines is 4. The largest absolute Gasteiger partial charge is 0.573 e. The number of aryl methyl sites for hydroxylation is 2. The zero-order chi connectivity index (χ0) is 110. The van der Waals surface area contributed by atoms with Gasteiger partial charge in [0.25, 0.3) is 23.6 Å². The van der Waals surface area contributed by atoms with Gasteiger partial charge >= 0.3 is 50.2 Å². The van der Waals surface area contributed by atoms with Gasteiger partial charge in [0.05, 0.1) is 38.0 Å². The Morgan fingerprint density at radius 2 is 0.649 bits per heavy atom. The molecule has 5 heterocycles. The van der Waals surface area contributed by atoms with Crippen molar-refractivity contribution in [2.45, 2.75) is 84.8 Å². The molecular formula is C92H62F28N10O18. The molecule has 0 fully saturated rings. The van der Waals surface area contributed by atoms with Crippen LogP contribution in [0.5, 0.6) is 86.2 Å². The van der Waals surface area contributed by atoms with E-state index in [1.807, 2.05) is 0 Å². The number of hydrogen-bond donors (Lipinski definition) is 5. The van der Waals surface area contributed by atoms with Gasteiger partial charge in [0.2, 0.25) is 0 Å². The summed E-state index contributed by atoms with van der Waals surface area (Å²) >= 11 is 0. The van der Waals surface area contributed by atoms with Crippen LogP contribution in [0.25, 0.3) is 5.70 Å². The quantitative estimate of drug-likeness (QED) is 0.0236. The van der Waals surface area contributed by atoms with E-state index in [4.69, 9.17) is 38.9 Å². The minimum Gasteiger partial charge on any atom is -0.493 e. The number of amides is 4. The molecule has 4 amide bonds. The molecule has 0 unspecified atom stereocenters. The number of methoxy groups -OCH3 is 3. The first kappa shape index (κ1) is 114. The molecule has 148 heavy (non-hydrogen) atoms. The molecular weight excluding hydrogens is 2070 g/mol. The van der Waals surface area contributed by atoms with E-state index in [0.29, 0.717) is 66.0 Å². The number of hydrogen-bond acceptors (Lipinski definition) is 24. The van der Waals surface area contributed by atoms with Gasteiger partial charge in [-0.15, -0.1) is 52.7 Å². The van der Waals surface area contributed by atoms with E-state index in [0.717, 1.165) is 107 Å². The lowest BCUT2D eigenvalue weighted by Crippen LogP contribution is -2.19. The molecule has 0 radical (unpaired) electrons. The number of Topliss-reactive ketones (excluding diaryl/α,β-unsaturated/α-hetero) is 3. The number of ether oxygens (including phenoxy) is 11. The van der Waals surface area contributed by atoms with E-state index < -0.39 is 205 Å². The van der Waals surface area contributed by atoms with Crippen LogP contribution in [0.3, 0.4) is 0 Å². The number of ketones is 3. The molecule has 0 spiro atoms. The van der Waals surface area contributed by atoms with Crippen molar-refractivity contribution < 1.29 is 209 Å². The van der Waals surface area contributed by atoms with Crippen LogP contribution in [0.4, 0.5) is 146 Å². The van der Waals surface area contributed by atoms with Gasteiger partial charge in [0.15, 0.2) is 80.9 Å². The van der Waals surface area contributed by atoms with Crippen LogP contribution in [0, 0.1) is 37.1 Å². The van der Waals surface area contributed by atoms with E-state index >= 15 is 8.78 Å². The van der Waals surface area contributed by atoms with Gasteiger partial charge < -0.3 is 79.1 Å². The second-order valence-electron chi connectivity index (χ2n) is 29.2. The summed E-state index contributed by atoms with van der Waals surface area (Å²) in [6.45, 7) is 10.2. The molecule has 0 atom stereocenters. The predicted octanol–water partition coefficient (Wildman–Crippen LogP) is 25.3. The fourth-order valence-electron chi connectivity index (χ4n) is 12.1. The summed E-state index contributed by atoms with van der Waals surface area (Å²) in [6.07, 6.45) is -37.7. The average molecular weight is 2130 g/mol. The van der Waals surface area contributed by atoms with Gasteiger partial charge in [-0.1, -0.05) is 6.58 Å². The number of nitrogens with two attached hydrogens (primary N) is 1. The molecule has 12 aromatic rings. The Labute approximate surface area is 810 Å². The molecule has 7 aromatic carbocycles. The maximum Gasteiger partial charge on any atom is 0.573 e. The number of rotatable bonds is 27. The SMILES string of the molecule is C=C(N)c1ccnc(NC(=O)c2c(Oc3ccc(OC(F)(F)F)cc3OC)ccc(C(F)(F)F)c2F)c1.CC(=O)c1cc(NC(=O)c2c(Oc3ccc(OC(F)(F)F)cc3F)ccc(C(F)(F)F)c2F)ccn1.COc1cc(OC(F)(F)F)ccc1Oc1cc(C(F)(F)F)ncc1C(=O)Nc1cc(C)nc(C(C)=O)c1.COc1cc(OC(F)(F)F)ccc1Oc1ccc(C(F)(F)F)c(F)c1C(=O)Nc1cc(C)nc(C(C)=O)c1. The topological polar surface area (TPSA) is 360 Å². The molecule has 0 bridgehead atoms. The Bertz CT molecular complexity index is 7040. The lowest BCUT2D eigenvalue weighted by atomic mass is 10.1. The maximum atomic E-state index is 15.1. The van der Waals surface area contributed by atoms with Gasteiger partial charge in [-0.05, 0) is 147 Å². The minimum atomic E-state index is -5.22. The van der Waals surface area contributed by atoms with Crippen LogP contribution in [-0.4, -0.2) is 113 Å². The highest BCUT2D eigenvalue weighted by Gasteiger charge is 2.44. The van der Waals surface area contributed by atoms with Crippen LogP contribution < -0.4 is 79.1 Å². The number of halogens is 28. The lowest BCUT2D eigenvalue weighted by Gasteiger charge is -2.18. The van der Waals surface area contributed by atoms with Crippen LogP contribution >= 0.6 is 0 Å². The second-order valence-corrected chi connectivity index (χ2v) is 29.2. The Morgan fingerprint density at radius 1 is 0.324 bits per heavy atom. The van der Waals surface area contributed by atoms with Gasteiger partial charge in [-0.25, -0.2) is 32.5 Å². The maximum absolute atomic E-state index is 15.1. The molecule has 784 valence electrons. The number of benzene rings is 7. The lowest BCUT2D eigenvalue weighted by molar-refractivity contribution is -0.275. The molecule has 28 nitrogen and oxygen atoms in total. The van der Waals surface area contributed by atoms with Crippen molar-refractivity contribution in [3.8, 4) is 86.2 Å². The number of aromatic nitrogens is 5. The zero-order valence-electron chi connectivity index (χ0n) is 75.3. The number of carbonyl (C=O) groups is 7. The van der Waals surface area contributed by atoms with Gasteiger partial charge in [-0.3, -0.25) is 43.5 Å². The highest BCUT2D eigenvalue weighted by Crippen LogP contribution is 2.47. The summed E-state index contributed by atoms with van der Waals surface area (Å²) in [4.78, 5) is 105. The van der Waals surface area contributed by atoms with Crippen LogP contribution in [-0.2, 0) is 24.7 Å². The van der Waals surface area contributed by atoms with Gasteiger partial charge in [-0.2, -0.15) is 52.7 Å². The van der Waals surface area contributed by atoms with E-state index in [2.05, 4.69) is 71.7 Å². The fraction of sp³-hybridized carbons (Fsp3) is 0.174. The third-order valence-electron chi connectivity index (χ3n) is 18.3. The first-order chi connectivity index (χ1) is 68.6. The normalized spacial score (nSPS) is 11.6. The third kappa shape index (κ3) is 31.8. The van der Waals surface area contributed by atoms with Crippen molar-refractivity contribution in [2.24, 2.45) is 5.73 Å². The minimum absolute atomic E-state index is 0.0446. The summed E-state index contributed by atoms with van der Waals surface area (Å²) in [6, 6.07) is 22.4. The van der Waals surface area contributed by atoms with Crippen LogP contribution in [0.15, 0.2) is 189 Å². The Kier molecular flexibility index (Phi) is 35.5. The summed E-state index contributed by atoms with van der Waals surface area (Å²) in [5.41, 5.74) is -4.39. The van der Waals surface area contributed by atoms with E-state index in [1.165, 1.54) is 57.3 Å². The van der Waals surface area contributed by atoms with Gasteiger partial charge in [0, 0.05) is 109 Å². The van der Waals surface area contributed by atoms with Crippen LogP contribution in [0.1, 0.15) is 133 Å². The van der Waals surface area contributed by atoms with Crippen molar-refractivity contribution >= 4 is 69.6 Å².